The third-order valence-electron chi connectivity index (χ3n) is 3.69. The summed E-state index contributed by atoms with van der Waals surface area (Å²) in [6, 6.07) is 0.494. The largest absolute Gasteiger partial charge is 0.383 e. The Kier molecular flexibility index (Phi) is 7.29. The second-order valence-corrected chi connectivity index (χ2v) is 6.62. The minimum atomic E-state index is 0.177. The minimum Gasteiger partial charge on any atom is -0.383 e. The van der Waals surface area contributed by atoms with Crippen molar-refractivity contribution in [2.45, 2.75) is 45.7 Å². The van der Waals surface area contributed by atoms with Crippen LogP contribution in [-0.2, 0) is 4.74 Å². The highest BCUT2D eigenvalue weighted by Crippen LogP contribution is 2.09. The summed E-state index contributed by atoms with van der Waals surface area (Å²) in [6.07, 6.45) is 1.26. The van der Waals surface area contributed by atoms with E-state index >= 15 is 0 Å². The van der Waals surface area contributed by atoms with Crippen molar-refractivity contribution in [2.75, 3.05) is 53.0 Å². The van der Waals surface area contributed by atoms with Gasteiger partial charge >= 0.3 is 0 Å². The fraction of sp³-hybridized carbons (Fsp3) is 1.00. The molecule has 114 valence electrons. The molecule has 0 aromatic heterocycles. The zero-order valence-electron chi connectivity index (χ0n) is 13.5. The van der Waals surface area contributed by atoms with Crippen molar-refractivity contribution in [1.82, 2.24) is 15.1 Å². The number of ether oxygens (including phenoxy) is 1. The van der Waals surface area contributed by atoms with E-state index in [1.54, 1.807) is 7.11 Å². The van der Waals surface area contributed by atoms with Crippen molar-refractivity contribution in [1.29, 1.82) is 0 Å². The van der Waals surface area contributed by atoms with Gasteiger partial charge in [-0.2, -0.15) is 0 Å². The Morgan fingerprint density at radius 1 is 1.16 bits per heavy atom. The zero-order valence-corrected chi connectivity index (χ0v) is 13.5. The summed E-state index contributed by atoms with van der Waals surface area (Å²) in [5, 5.41) is 3.61. The van der Waals surface area contributed by atoms with Crippen LogP contribution in [0.25, 0.3) is 0 Å². The summed E-state index contributed by atoms with van der Waals surface area (Å²) in [5.74, 6) is 0. The molecule has 1 fully saturated rings. The predicted molar refractivity (Wildman–Crippen MR) is 81.7 cm³/mol. The highest BCUT2D eigenvalue weighted by molar-refractivity contribution is 4.82. The quantitative estimate of drug-likeness (QED) is 0.758. The van der Waals surface area contributed by atoms with E-state index in [4.69, 9.17) is 4.74 Å². The van der Waals surface area contributed by atoms with Gasteiger partial charge in [0.15, 0.2) is 0 Å². The summed E-state index contributed by atoms with van der Waals surface area (Å²) in [4.78, 5) is 5.14. The smallest absolute Gasteiger partial charge is 0.0630 e. The number of nitrogens with zero attached hydrogens (tertiary/aromatic N) is 2. The van der Waals surface area contributed by atoms with Crippen LogP contribution in [0.4, 0.5) is 0 Å². The SMILES string of the molecule is CCCN1CCN(C(CNC(C)(C)C)COC)CC1. The Balaban J connectivity index is 2.40. The first-order valence-electron chi connectivity index (χ1n) is 7.66. The highest BCUT2D eigenvalue weighted by Gasteiger charge is 2.24. The fourth-order valence-corrected chi connectivity index (χ4v) is 2.58. The summed E-state index contributed by atoms with van der Waals surface area (Å²) in [6.45, 7) is 16.7. The maximum Gasteiger partial charge on any atom is 0.0630 e. The minimum absolute atomic E-state index is 0.177. The summed E-state index contributed by atoms with van der Waals surface area (Å²) < 4.78 is 5.40. The lowest BCUT2D eigenvalue weighted by Gasteiger charge is -2.40. The molecule has 1 rings (SSSR count). The Labute approximate surface area is 119 Å². The molecular formula is C15H33N3O. The molecule has 0 amide bonds. The van der Waals surface area contributed by atoms with E-state index in [2.05, 4.69) is 42.8 Å². The van der Waals surface area contributed by atoms with Crippen LogP contribution >= 0.6 is 0 Å². The van der Waals surface area contributed by atoms with Crippen LogP contribution in [0.15, 0.2) is 0 Å². The van der Waals surface area contributed by atoms with E-state index in [1.807, 2.05) is 0 Å². The molecule has 1 heterocycles. The number of hydrogen-bond acceptors (Lipinski definition) is 4. The van der Waals surface area contributed by atoms with E-state index in [0.29, 0.717) is 6.04 Å². The van der Waals surface area contributed by atoms with E-state index in [-0.39, 0.29) is 5.54 Å². The van der Waals surface area contributed by atoms with Gasteiger partial charge in [0, 0.05) is 51.4 Å². The Hall–Kier alpha value is -0.160. The van der Waals surface area contributed by atoms with Crippen LogP contribution in [0.5, 0.6) is 0 Å². The molecule has 1 unspecified atom stereocenters. The summed E-state index contributed by atoms with van der Waals surface area (Å²) in [7, 11) is 1.80. The molecule has 1 aliphatic heterocycles. The fourth-order valence-electron chi connectivity index (χ4n) is 2.58. The number of rotatable bonds is 7. The second-order valence-electron chi connectivity index (χ2n) is 6.62. The average molecular weight is 271 g/mol. The number of hydrogen-bond donors (Lipinski definition) is 1. The van der Waals surface area contributed by atoms with Gasteiger partial charge in [-0.1, -0.05) is 6.92 Å². The standard InChI is InChI=1S/C15H33N3O/c1-6-7-17-8-10-18(11-9-17)14(13-19-5)12-16-15(2,3)4/h14,16H,6-13H2,1-5H3. The van der Waals surface area contributed by atoms with Crippen molar-refractivity contribution in [3.05, 3.63) is 0 Å². The Bertz CT molecular complexity index is 232. The van der Waals surface area contributed by atoms with E-state index in [0.717, 1.165) is 13.2 Å². The Morgan fingerprint density at radius 3 is 2.26 bits per heavy atom. The molecule has 0 bridgehead atoms. The third kappa shape index (κ3) is 6.70. The van der Waals surface area contributed by atoms with Gasteiger partial charge in [-0.05, 0) is 33.7 Å². The molecule has 0 saturated carbocycles. The molecule has 0 aliphatic carbocycles. The molecule has 0 aromatic rings. The predicted octanol–water partition coefficient (Wildman–Crippen LogP) is 1.42. The molecular weight excluding hydrogens is 238 g/mol. The third-order valence-corrected chi connectivity index (χ3v) is 3.69. The lowest BCUT2D eigenvalue weighted by atomic mass is 10.1. The van der Waals surface area contributed by atoms with Gasteiger partial charge in [0.25, 0.3) is 0 Å². The van der Waals surface area contributed by atoms with Crippen molar-refractivity contribution in [2.24, 2.45) is 0 Å². The van der Waals surface area contributed by atoms with Gasteiger partial charge in [-0.25, -0.2) is 0 Å². The average Bonchev–Trinajstić information content (AvgIpc) is 2.35. The summed E-state index contributed by atoms with van der Waals surface area (Å²) >= 11 is 0. The van der Waals surface area contributed by atoms with Gasteiger partial charge in [0.05, 0.1) is 6.61 Å². The van der Waals surface area contributed by atoms with Crippen molar-refractivity contribution in [3.63, 3.8) is 0 Å². The monoisotopic (exact) mass is 271 g/mol. The van der Waals surface area contributed by atoms with E-state index in [9.17, 15) is 0 Å². The molecule has 1 saturated heterocycles. The molecule has 0 radical (unpaired) electrons. The summed E-state index contributed by atoms with van der Waals surface area (Å²) in [5.41, 5.74) is 0.177. The molecule has 0 spiro atoms. The number of nitrogens with one attached hydrogen (secondary N) is 1. The van der Waals surface area contributed by atoms with Crippen LogP contribution < -0.4 is 5.32 Å². The number of piperazine rings is 1. The lowest BCUT2D eigenvalue weighted by Crippen LogP contribution is -2.55. The molecule has 0 aromatic carbocycles. The molecule has 4 nitrogen and oxygen atoms in total. The van der Waals surface area contributed by atoms with Crippen LogP contribution in [0.3, 0.4) is 0 Å². The van der Waals surface area contributed by atoms with Crippen LogP contribution in [-0.4, -0.2) is 74.4 Å². The molecule has 1 N–H and O–H groups in total. The molecule has 19 heavy (non-hydrogen) atoms. The Morgan fingerprint density at radius 2 is 1.79 bits per heavy atom. The van der Waals surface area contributed by atoms with Crippen molar-refractivity contribution in [3.8, 4) is 0 Å². The van der Waals surface area contributed by atoms with Gasteiger partial charge in [0.2, 0.25) is 0 Å². The van der Waals surface area contributed by atoms with Crippen LogP contribution in [0.2, 0.25) is 0 Å². The van der Waals surface area contributed by atoms with Gasteiger partial charge in [-0.3, -0.25) is 4.90 Å². The maximum absolute atomic E-state index is 5.40. The number of methoxy groups -OCH3 is 1. The van der Waals surface area contributed by atoms with Crippen LogP contribution in [0.1, 0.15) is 34.1 Å². The molecule has 1 atom stereocenters. The van der Waals surface area contributed by atoms with E-state index in [1.165, 1.54) is 39.1 Å². The second kappa shape index (κ2) is 8.20. The van der Waals surface area contributed by atoms with Gasteiger partial charge in [-0.15, -0.1) is 0 Å². The van der Waals surface area contributed by atoms with E-state index < -0.39 is 0 Å². The van der Waals surface area contributed by atoms with Crippen molar-refractivity contribution >= 4 is 0 Å². The normalized spacial score (nSPS) is 20.7. The molecule has 1 aliphatic rings. The first kappa shape index (κ1) is 16.9. The van der Waals surface area contributed by atoms with Crippen molar-refractivity contribution < 1.29 is 4.74 Å². The first-order valence-corrected chi connectivity index (χ1v) is 7.66. The maximum atomic E-state index is 5.40. The van der Waals surface area contributed by atoms with Gasteiger partial charge in [0.1, 0.15) is 0 Å². The highest BCUT2D eigenvalue weighted by atomic mass is 16.5. The first-order chi connectivity index (χ1) is 8.96. The van der Waals surface area contributed by atoms with Gasteiger partial charge < -0.3 is 15.0 Å². The topological polar surface area (TPSA) is 27.7 Å². The lowest BCUT2D eigenvalue weighted by molar-refractivity contribution is 0.0470. The zero-order chi connectivity index (χ0) is 14.3. The van der Waals surface area contributed by atoms with Crippen LogP contribution in [0, 0.1) is 0 Å². The molecule has 4 heteroatoms.